The number of hydrogen-bond acceptors (Lipinski definition) is 7. The van der Waals surface area contributed by atoms with E-state index in [1.54, 1.807) is 18.5 Å². The Morgan fingerprint density at radius 2 is 1.94 bits per heavy atom. The molecule has 0 amide bonds. The first-order valence-electron chi connectivity index (χ1n) is 12.4. The van der Waals surface area contributed by atoms with E-state index in [-0.39, 0.29) is 23.8 Å². The van der Waals surface area contributed by atoms with Gasteiger partial charge in [-0.05, 0) is 61.4 Å². The number of hydrogen-bond donors (Lipinski definition) is 2. The van der Waals surface area contributed by atoms with Gasteiger partial charge in [0.15, 0.2) is 0 Å². The molecule has 2 aromatic heterocycles. The number of pyridine rings is 1. The number of aryl methyl sites for hydroxylation is 1. The van der Waals surface area contributed by atoms with Gasteiger partial charge in [0, 0.05) is 54.9 Å². The number of nitrogens with one attached hydrogen (secondary N) is 1. The summed E-state index contributed by atoms with van der Waals surface area (Å²) in [6.45, 7) is 1.94. The Labute approximate surface area is 204 Å². The first kappa shape index (κ1) is 22.1. The van der Waals surface area contributed by atoms with E-state index < -0.39 is 0 Å². The number of halogens is 1. The fraction of sp³-hybridized carbons (Fsp3) is 0.407. The van der Waals surface area contributed by atoms with Crippen LogP contribution >= 0.6 is 0 Å². The summed E-state index contributed by atoms with van der Waals surface area (Å²) in [6, 6.07) is 9.84. The van der Waals surface area contributed by atoms with Crippen LogP contribution in [0.4, 0.5) is 10.3 Å². The molecule has 2 fully saturated rings. The Kier molecular flexibility index (Phi) is 5.68. The number of fused-ring (bicyclic) bond motifs is 3. The lowest BCUT2D eigenvalue weighted by Gasteiger charge is -2.30. The highest BCUT2D eigenvalue weighted by Crippen LogP contribution is 2.39. The zero-order chi connectivity index (χ0) is 23.9. The monoisotopic (exact) mass is 472 g/mol. The summed E-state index contributed by atoms with van der Waals surface area (Å²) < 4.78 is 14.3. The molecule has 8 heteroatoms. The van der Waals surface area contributed by atoms with E-state index in [0.29, 0.717) is 24.9 Å². The van der Waals surface area contributed by atoms with E-state index in [0.717, 1.165) is 52.2 Å². The van der Waals surface area contributed by atoms with Crippen molar-refractivity contribution in [2.24, 2.45) is 5.16 Å². The number of oxime groups is 1. The molecule has 3 N–H and O–H groups in total. The van der Waals surface area contributed by atoms with Gasteiger partial charge < -0.3 is 15.9 Å². The van der Waals surface area contributed by atoms with Crippen LogP contribution in [0.1, 0.15) is 60.5 Å². The third-order valence-corrected chi connectivity index (χ3v) is 7.52. The maximum atomic E-state index is 14.3. The standard InChI is InChI=1S/C27H29FN6O/c1-15-26-24(33-27(29)31-15)9-17(10-25(26)34-35-21-12-19-5-6-20(13-21)32-19)22-7-4-18(28)11-23(22)16-3-2-8-30-14-16/h2-4,7-8,11,14,17,19-21,32H,5-6,9-10,12-13H2,1H3,(H2,29,31,33)/b34-25+/t17?,19-,20+,21?. The summed E-state index contributed by atoms with van der Waals surface area (Å²) >= 11 is 0. The lowest BCUT2D eigenvalue weighted by molar-refractivity contribution is 0.0239. The molecule has 0 spiro atoms. The minimum atomic E-state index is -0.274. The summed E-state index contributed by atoms with van der Waals surface area (Å²) in [7, 11) is 0. The maximum Gasteiger partial charge on any atom is 0.220 e. The first-order valence-corrected chi connectivity index (χ1v) is 12.4. The fourth-order valence-corrected chi connectivity index (χ4v) is 6.01. The summed E-state index contributed by atoms with van der Waals surface area (Å²) in [4.78, 5) is 19.4. The van der Waals surface area contributed by atoms with Gasteiger partial charge in [0.2, 0.25) is 5.95 Å². The van der Waals surface area contributed by atoms with Gasteiger partial charge in [-0.3, -0.25) is 4.98 Å². The van der Waals surface area contributed by atoms with E-state index in [1.807, 2.05) is 25.1 Å². The van der Waals surface area contributed by atoms with Crippen LogP contribution in [0.3, 0.4) is 0 Å². The molecule has 3 aromatic rings. The van der Waals surface area contributed by atoms with Crippen LogP contribution in [0.15, 0.2) is 47.9 Å². The predicted molar refractivity (Wildman–Crippen MR) is 132 cm³/mol. The SMILES string of the molecule is Cc1nc(N)nc2c1/C(=N/OC1C[C@H]3CC[C@@H](C1)N3)CC(c1ccc(F)cc1-c1cccnc1)C2. The number of piperidine rings is 1. The Morgan fingerprint density at radius 1 is 1.11 bits per heavy atom. The second-order valence-electron chi connectivity index (χ2n) is 9.94. The number of rotatable bonds is 4. The maximum absolute atomic E-state index is 14.3. The third-order valence-electron chi connectivity index (χ3n) is 7.52. The van der Waals surface area contributed by atoms with Crippen molar-refractivity contribution >= 4 is 11.7 Å². The van der Waals surface area contributed by atoms with Gasteiger partial charge in [0.1, 0.15) is 11.9 Å². The fourth-order valence-electron chi connectivity index (χ4n) is 6.01. The van der Waals surface area contributed by atoms with Gasteiger partial charge in [0.25, 0.3) is 0 Å². The Hall–Kier alpha value is -3.39. The van der Waals surface area contributed by atoms with Crippen LogP contribution in [-0.4, -0.2) is 38.9 Å². The number of benzene rings is 1. The zero-order valence-corrected chi connectivity index (χ0v) is 19.7. The minimum Gasteiger partial charge on any atom is -0.392 e. The molecule has 2 unspecified atom stereocenters. The van der Waals surface area contributed by atoms with Gasteiger partial charge in [-0.2, -0.15) is 0 Å². The molecule has 0 saturated carbocycles. The molecule has 4 heterocycles. The normalized spacial score (nSPS) is 26.5. The van der Waals surface area contributed by atoms with Crippen LogP contribution in [0, 0.1) is 12.7 Å². The molecule has 2 aliphatic heterocycles. The molecule has 3 aliphatic rings. The van der Waals surface area contributed by atoms with Crippen LogP contribution < -0.4 is 11.1 Å². The van der Waals surface area contributed by atoms with Crippen molar-refractivity contribution in [1.82, 2.24) is 20.3 Å². The quantitative estimate of drug-likeness (QED) is 0.550. The topological polar surface area (TPSA) is 98.3 Å². The highest BCUT2D eigenvalue weighted by atomic mass is 19.1. The molecule has 1 aliphatic carbocycles. The highest BCUT2D eigenvalue weighted by molar-refractivity contribution is 6.03. The Morgan fingerprint density at radius 3 is 2.71 bits per heavy atom. The summed E-state index contributed by atoms with van der Waals surface area (Å²) in [5.41, 5.74) is 12.2. The van der Waals surface area contributed by atoms with Crippen molar-refractivity contribution in [3.8, 4) is 11.1 Å². The van der Waals surface area contributed by atoms with Gasteiger partial charge in [-0.1, -0.05) is 17.3 Å². The number of nitrogen functional groups attached to an aromatic ring is 1. The average Bonchev–Trinajstić information content (AvgIpc) is 3.20. The lowest BCUT2D eigenvalue weighted by Crippen LogP contribution is -2.41. The van der Waals surface area contributed by atoms with Crippen molar-refractivity contribution in [3.05, 3.63) is 71.1 Å². The predicted octanol–water partition coefficient (Wildman–Crippen LogP) is 4.30. The van der Waals surface area contributed by atoms with Crippen LogP contribution in [0.5, 0.6) is 0 Å². The Balaban J connectivity index is 1.37. The molecule has 2 bridgehead atoms. The minimum absolute atomic E-state index is 0.0403. The molecule has 6 rings (SSSR count). The second kappa shape index (κ2) is 9.00. The van der Waals surface area contributed by atoms with E-state index >= 15 is 0 Å². The van der Waals surface area contributed by atoms with Crippen molar-refractivity contribution in [2.45, 2.75) is 69.6 Å². The van der Waals surface area contributed by atoms with E-state index in [1.165, 1.54) is 18.9 Å². The molecular weight excluding hydrogens is 443 g/mol. The van der Waals surface area contributed by atoms with Crippen molar-refractivity contribution in [2.75, 3.05) is 5.73 Å². The van der Waals surface area contributed by atoms with E-state index in [4.69, 9.17) is 15.7 Å². The van der Waals surface area contributed by atoms with Crippen LogP contribution in [0.25, 0.3) is 11.1 Å². The summed E-state index contributed by atoms with van der Waals surface area (Å²) in [5, 5.41) is 8.36. The molecule has 2 saturated heterocycles. The number of aromatic nitrogens is 3. The van der Waals surface area contributed by atoms with Gasteiger partial charge in [-0.15, -0.1) is 0 Å². The van der Waals surface area contributed by atoms with Crippen LogP contribution in [-0.2, 0) is 11.3 Å². The molecule has 35 heavy (non-hydrogen) atoms. The molecule has 0 radical (unpaired) electrons. The molecule has 180 valence electrons. The number of anilines is 1. The van der Waals surface area contributed by atoms with E-state index in [9.17, 15) is 4.39 Å². The van der Waals surface area contributed by atoms with Gasteiger partial charge in [0.05, 0.1) is 17.1 Å². The van der Waals surface area contributed by atoms with Gasteiger partial charge >= 0.3 is 0 Å². The average molecular weight is 473 g/mol. The van der Waals surface area contributed by atoms with Crippen molar-refractivity contribution in [1.29, 1.82) is 0 Å². The summed E-state index contributed by atoms with van der Waals surface area (Å²) in [5.74, 6) is 0.0197. The second-order valence-corrected chi connectivity index (χ2v) is 9.94. The summed E-state index contributed by atoms with van der Waals surface area (Å²) in [6.07, 6.45) is 9.28. The molecular formula is C27H29FN6O. The lowest BCUT2D eigenvalue weighted by atomic mass is 9.78. The number of nitrogens with two attached hydrogens (primary N) is 1. The first-order chi connectivity index (χ1) is 17.0. The molecule has 7 nitrogen and oxygen atoms in total. The van der Waals surface area contributed by atoms with Crippen LogP contribution in [0.2, 0.25) is 0 Å². The molecule has 4 atom stereocenters. The Bertz CT molecular complexity index is 1270. The van der Waals surface area contributed by atoms with Gasteiger partial charge in [-0.25, -0.2) is 14.4 Å². The largest absolute Gasteiger partial charge is 0.392 e. The van der Waals surface area contributed by atoms with Crippen molar-refractivity contribution < 1.29 is 9.23 Å². The highest BCUT2D eigenvalue weighted by Gasteiger charge is 2.35. The van der Waals surface area contributed by atoms with E-state index in [2.05, 4.69) is 20.3 Å². The number of nitrogens with zero attached hydrogens (tertiary/aromatic N) is 4. The third kappa shape index (κ3) is 4.38. The van der Waals surface area contributed by atoms with Crippen molar-refractivity contribution in [3.63, 3.8) is 0 Å². The molecule has 1 aromatic carbocycles. The zero-order valence-electron chi connectivity index (χ0n) is 19.7. The smallest absolute Gasteiger partial charge is 0.220 e.